The fourth-order valence-electron chi connectivity index (χ4n) is 2.83. The lowest BCUT2D eigenvalue weighted by atomic mass is 9.99. The van der Waals surface area contributed by atoms with Crippen LogP contribution in [0.2, 0.25) is 0 Å². The Bertz CT molecular complexity index is 469. The Morgan fingerprint density at radius 3 is 2.70 bits per heavy atom. The second-order valence-corrected chi connectivity index (χ2v) is 5.42. The van der Waals surface area contributed by atoms with Crippen LogP contribution >= 0.6 is 12.4 Å². The van der Waals surface area contributed by atoms with Gasteiger partial charge in [0, 0.05) is 12.6 Å². The van der Waals surface area contributed by atoms with Crippen LogP contribution in [0.3, 0.4) is 0 Å². The van der Waals surface area contributed by atoms with Crippen molar-refractivity contribution in [1.29, 1.82) is 0 Å². The number of benzene rings is 1. The van der Waals surface area contributed by atoms with Crippen LogP contribution in [0.25, 0.3) is 0 Å². The lowest BCUT2D eigenvalue weighted by Crippen LogP contribution is -2.37. The van der Waals surface area contributed by atoms with Crippen LogP contribution in [0.5, 0.6) is 0 Å². The summed E-state index contributed by atoms with van der Waals surface area (Å²) in [4.78, 5) is 14.3. The number of hydrogen-bond donors (Lipinski definition) is 1. The largest absolute Gasteiger partial charge is 0.339 e. The van der Waals surface area contributed by atoms with Gasteiger partial charge in [-0.1, -0.05) is 18.2 Å². The first-order valence-electron chi connectivity index (χ1n) is 6.79. The highest BCUT2D eigenvalue weighted by atomic mass is 35.5. The van der Waals surface area contributed by atoms with Gasteiger partial charge in [0.05, 0.1) is 5.92 Å². The molecule has 1 amide bonds. The molecule has 0 saturated carbocycles. The third-order valence-corrected chi connectivity index (χ3v) is 4.02. The van der Waals surface area contributed by atoms with Crippen molar-refractivity contribution in [2.75, 3.05) is 13.1 Å². The standard InChI is InChI=1S/C15H21FN2O.ClH/c1-10-7-12(8-17)9-18(10)15(19)11(2)13-5-3-4-6-14(13)16;/h3-6,10-12H,7-9,17H2,1-2H3;1H. The molecule has 1 heterocycles. The van der Waals surface area contributed by atoms with Crippen LogP contribution in [0.4, 0.5) is 4.39 Å². The van der Waals surface area contributed by atoms with Gasteiger partial charge in [0.1, 0.15) is 5.82 Å². The van der Waals surface area contributed by atoms with Gasteiger partial charge in [0.25, 0.3) is 0 Å². The van der Waals surface area contributed by atoms with Crippen LogP contribution < -0.4 is 5.73 Å². The van der Waals surface area contributed by atoms with Crippen LogP contribution in [-0.4, -0.2) is 29.9 Å². The fraction of sp³-hybridized carbons (Fsp3) is 0.533. The molecule has 112 valence electrons. The zero-order chi connectivity index (χ0) is 14.0. The maximum atomic E-state index is 13.7. The molecule has 1 aromatic rings. The van der Waals surface area contributed by atoms with E-state index in [0.717, 1.165) is 6.42 Å². The summed E-state index contributed by atoms with van der Waals surface area (Å²) < 4.78 is 13.7. The van der Waals surface area contributed by atoms with Gasteiger partial charge in [0.2, 0.25) is 5.91 Å². The topological polar surface area (TPSA) is 46.3 Å². The highest BCUT2D eigenvalue weighted by molar-refractivity contribution is 5.85. The highest BCUT2D eigenvalue weighted by Gasteiger charge is 2.34. The van der Waals surface area contributed by atoms with E-state index in [4.69, 9.17) is 5.73 Å². The number of rotatable bonds is 3. The molecule has 1 saturated heterocycles. The van der Waals surface area contributed by atoms with Crippen molar-refractivity contribution in [2.24, 2.45) is 11.7 Å². The first-order chi connectivity index (χ1) is 9.04. The number of carbonyl (C=O) groups excluding carboxylic acids is 1. The van der Waals surface area contributed by atoms with E-state index < -0.39 is 5.92 Å². The minimum absolute atomic E-state index is 0. The molecule has 2 N–H and O–H groups in total. The monoisotopic (exact) mass is 300 g/mol. The number of amides is 1. The number of nitrogens with two attached hydrogens (primary N) is 1. The van der Waals surface area contributed by atoms with Gasteiger partial charge in [-0.15, -0.1) is 12.4 Å². The molecule has 1 aromatic carbocycles. The average molecular weight is 301 g/mol. The van der Waals surface area contributed by atoms with Crippen LogP contribution in [0, 0.1) is 11.7 Å². The summed E-state index contributed by atoms with van der Waals surface area (Å²) >= 11 is 0. The Labute approximate surface area is 125 Å². The Hall–Kier alpha value is -1.13. The van der Waals surface area contributed by atoms with Gasteiger partial charge in [0.15, 0.2) is 0 Å². The molecule has 0 aliphatic carbocycles. The number of carbonyl (C=O) groups is 1. The first-order valence-corrected chi connectivity index (χ1v) is 6.79. The Morgan fingerprint density at radius 2 is 2.15 bits per heavy atom. The van der Waals surface area contributed by atoms with Gasteiger partial charge in [-0.05, 0) is 44.4 Å². The Morgan fingerprint density at radius 1 is 1.50 bits per heavy atom. The molecule has 5 heteroatoms. The quantitative estimate of drug-likeness (QED) is 0.932. The predicted octanol–water partition coefficient (Wildman–Crippen LogP) is 2.55. The van der Waals surface area contributed by atoms with E-state index in [9.17, 15) is 9.18 Å². The highest BCUT2D eigenvalue weighted by Crippen LogP contribution is 2.28. The molecule has 20 heavy (non-hydrogen) atoms. The summed E-state index contributed by atoms with van der Waals surface area (Å²) in [6.45, 7) is 5.09. The third kappa shape index (κ3) is 3.30. The van der Waals surface area contributed by atoms with E-state index in [1.165, 1.54) is 6.07 Å². The maximum absolute atomic E-state index is 13.7. The maximum Gasteiger partial charge on any atom is 0.230 e. The number of hydrogen-bond acceptors (Lipinski definition) is 2. The van der Waals surface area contributed by atoms with Crippen molar-refractivity contribution in [3.05, 3.63) is 35.6 Å². The van der Waals surface area contributed by atoms with Crippen molar-refractivity contribution >= 4 is 18.3 Å². The molecule has 3 unspecified atom stereocenters. The summed E-state index contributed by atoms with van der Waals surface area (Å²) in [6, 6.07) is 6.67. The van der Waals surface area contributed by atoms with Crippen LogP contribution in [0.1, 0.15) is 31.7 Å². The van der Waals surface area contributed by atoms with Crippen molar-refractivity contribution in [3.8, 4) is 0 Å². The SMILES string of the molecule is CC(C(=O)N1CC(CN)CC1C)c1ccccc1F.Cl. The predicted molar refractivity (Wildman–Crippen MR) is 80.4 cm³/mol. The van der Waals surface area contributed by atoms with E-state index in [0.29, 0.717) is 24.6 Å². The molecule has 1 aliphatic heterocycles. The second-order valence-electron chi connectivity index (χ2n) is 5.42. The third-order valence-electron chi connectivity index (χ3n) is 4.02. The smallest absolute Gasteiger partial charge is 0.230 e. The summed E-state index contributed by atoms with van der Waals surface area (Å²) in [5, 5.41) is 0. The van der Waals surface area contributed by atoms with E-state index in [-0.39, 0.29) is 30.2 Å². The fourth-order valence-corrected chi connectivity index (χ4v) is 2.83. The molecule has 3 nitrogen and oxygen atoms in total. The molecule has 0 aromatic heterocycles. The second kappa shape index (κ2) is 7.04. The summed E-state index contributed by atoms with van der Waals surface area (Å²) in [5.41, 5.74) is 6.14. The van der Waals surface area contributed by atoms with Crippen LogP contribution in [0.15, 0.2) is 24.3 Å². The molecule has 1 fully saturated rings. The lowest BCUT2D eigenvalue weighted by molar-refractivity contribution is -0.133. The molecule has 0 bridgehead atoms. The molecule has 0 spiro atoms. The van der Waals surface area contributed by atoms with Crippen molar-refractivity contribution < 1.29 is 9.18 Å². The van der Waals surface area contributed by atoms with Crippen LogP contribution in [-0.2, 0) is 4.79 Å². The van der Waals surface area contributed by atoms with E-state index in [1.807, 2.05) is 11.8 Å². The van der Waals surface area contributed by atoms with Crippen molar-refractivity contribution in [3.63, 3.8) is 0 Å². The zero-order valence-electron chi connectivity index (χ0n) is 11.9. The van der Waals surface area contributed by atoms with Crippen molar-refractivity contribution in [1.82, 2.24) is 4.90 Å². The molecular weight excluding hydrogens is 279 g/mol. The Balaban J connectivity index is 0.00000200. The molecule has 0 radical (unpaired) electrons. The van der Waals surface area contributed by atoms with Gasteiger partial charge >= 0.3 is 0 Å². The molecule has 1 aliphatic rings. The van der Waals surface area contributed by atoms with Gasteiger partial charge in [-0.3, -0.25) is 4.79 Å². The number of halogens is 2. The number of nitrogens with zero attached hydrogens (tertiary/aromatic N) is 1. The normalized spacial score (nSPS) is 23.3. The van der Waals surface area contributed by atoms with Gasteiger partial charge < -0.3 is 10.6 Å². The summed E-state index contributed by atoms with van der Waals surface area (Å²) in [5.74, 6) is -0.397. The summed E-state index contributed by atoms with van der Waals surface area (Å²) in [7, 11) is 0. The van der Waals surface area contributed by atoms with E-state index in [2.05, 4.69) is 0 Å². The minimum Gasteiger partial charge on any atom is -0.339 e. The van der Waals surface area contributed by atoms with Crippen molar-refractivity contribution in [2.45, 2.75) is 32.2 Å². The zero-order valence-corrected chi connectivity index (χ0v) is 12.7. The molecule has 2 rings (SSSR count). The van der Waals surface area contributed by atoms with E-state index >= 15 is 0 Å². The molecule has 3 atom stereocenters. The average Bonchev–Trinajstić information content (AvgIpc) is 2.79. The summed E-state index contributed by atoms with van der Waals surface area (Å²) in [6.07, 6.45) is 0.937. The van der Waals surface area contributed by atoms with E-state index in [1.54, 1.807) is 25.1 Å². The Kier molecular flexibility index (Phi) is 5.96. The molecular formula is C15H22ClFN2O. The van der Waals surface area contributed by atoms with Gasteiger partial charge in [-0.2, -0.15) is 0 Å². The first kappa shape index (κ1) is 16.9. The minimum atomic E-state index is -0.444. The van der Waals surface area contributed by atoms with Gasteiger partial charge in [-0.25, -0.2) is 4.39 Å². The lowest BCUT2D eigenvalue weighted by Gasteiger charge is -2.25. The number of likely N-dealkylation sites (tertiary alicyclic amines) is 1.